The SMILES string of the molecule is O=C(Nc1ccc(-n2ccnc2)cc1)NC12CC3CCCC(C3)(C1)C2. The van der Waals surface area contributed by atoms with Crippen LogP contribution in [0.25, 0.3) is 5.69 Å². The van der Waals surface area contributed by atoms with Crippen LogP contribution in [-0.4, -0.2) is 21.1 Å². The number of aromatic nitrogens is 2. The Labute approximate surface area is 147 Å². The van der Waals surface area contributed by atoms with E-state index in [0.717, 1.165) is 17.3 Å². The Kier molecular flexibility index (Phi) is 3.21. The highest BCUT2D eigenvalue weighted by Crippen LogP contribution is 2.65. The second kappa shape index (κ2) is 5.35. The van der Waals surface area contributed by atoms with Crippen molar-refractivity contribution in [1.29, 1.82) is 0 Å². The van der Waals surface area contributed by atoms with E-state index in [1.165, 1.54) is 44.9 Å². The molecule has 4 aliphatic carbocycles. The predicted octanol–water partition coefficient (Wildman–Crippen LogP) is 4.11. The molecule has 1 aromatic carbocycles. The van der Waals surface area contributed by atoms with Crippen molar-refractivity contribution in [3.05, 3.63) is 43.0 Å². The van der Waals surface area contributed by atoms with E-state index in [-0.39, 0.29) is 11.6 Å². The zero-order chi connectivity index (χ0) is 16.9. The number of amides is 2. The first kappa shape index (κ1) is 15.0. The van der Waals surface area contributed by atoms with E-state index < -0.39 is 0 Å². The molecule has 4 aliphatic rings. The van der Waals surface area contributed by atoms with E-state index in [9.17, 15) is 4.79 Å². The van der Waals surface area contributed by atoms with Gasteiger partial charge in [0.1, 0.15) is 0 Å². The van der Waals surface area contributed by atoms with Crippen LogP contribution in [0.5, 0.6) is 0 Å². The fourth-order valence-corrected chi connectivity index (χ4v) is 5.83. The molecule has 25 heavy (non-hydrogen) atoms. The smallest absolute Gasteiger partial charge is 0.319 e. The van der Waals surface area contributed by atoms with Crippen LogP contribution >= 0.6 is 0 Å². The van der Waals surface area contributed by atoms with Gasteiger partial charge in [-0.15, -0.1) is 0 Å². The van der Waals surface area contributed by atoms with Gasteiger partial charge in [-0.1, -0.05) is 12.8 Å². The molecule has 0 saturated heterocycles. The van der Waals surface area contributed by atoms with E-state index in [1.54, 1.807) is 12.5 Å². The summed E-state index contributed by atoms with van der Waals surface area (Å²) < 4.78 is 1.94. The third-order valence-electron chi connectivity index (χ3n) is 6.45. The molecule has 130 valence electrons. The molecular weight excluding hydrogens is 312 g/mol. The van der Waals surface area contributed by atoms with Gasteiger partial charge in [0.2, 0.25) is 0 Å². The molecule has 4 fully saturated rings. The van der Waals surface area contributed by atoms with Crippen molar-refractivity contribution >= 4 is 11.7 Å². The molecule has 1 atom stereocenters. The Morgan fingerprint density at radius 2 is 2.04 bits per heavy atom. The number of carbonyl (C=O) groups is 1. The van der Waals surface area contributed by atoms with Gasteiger partial charge >= 0.3 is 6.03 Å². The van der Waals surface area contributed by atoms with Crippen molar-refractivity contribution in [2.24, 2.45) is 11.3 Å². The van der Waals surface area contributed by atoms with E-state index in [4.69, 9.17) is 0 Å². The molecule has 5 heteroatoms. The Hall–Kier alpha value is -2.30. The summed E-state index contributed by atoms with van der Waals surface area (Å²) in [6, 6.07) is 7.78. The van der Waals surface area contributed by atoms with Crippen LogP contribution in [-0.2, 0) is 0 Å². The van der Waals surface area contributed by atoms with Gasteiger partial charge in [-0.2, -0.15) is 0 Å². The number of imidazole rings is 1. The monoisotopic (exact) mass is 336 g/mol. The molecule has 1 heterocycles. The second-order valence-electron chi connectivity index (χ2n) is 8.40. The largest absolute Gasteiger partial charge is 0.332 e. The van der Waals surface area contributed by atoms with Gasteiger partial charge in [-0.3, -0.25) is 0 Å². The molecule has 0 radical (unpaired) electrons. The topological polar surface area (TPSA) is 59.0 Å². The minimum atomic E-state index is -0.0646. The average Bonchev–Trinajstić information content (AvgIpc) is 3.08. The van der Waals surface area contributed by atoms with Crippen LogP contribution in [0.3, 0.4) is 0 Å². The van der Waals surface area contributed by atoms with Crippen LogP contribution < -0.4 is 10.6 Å². The number of anilines is 1. The quantitative estimate of drug-likeness (QED) is 0.886. The van der Waals surface area contributed by atoms with E-state index in [1.807, 2.05) is 35.0 Å². The normalized spacial score (nSPS) is 32.6. The van der Waals surface area contributed by atoms with Gasteiger partial charge in [0.25, 0.3) is 0 Å². The molecule has 3 bridgehead atoms. The summed E-state index contributed by atoms with van der Waals surface area (Å²) in [5.41, 5.74) is 2.47. The second-order valence-corrected chi connectivity index (χ2v) is 8.40. The van der Waals surface area contributed by atoms with Gasteiger partial charge in [0, 0.05) is 29.3 Å². The van der Waals surface area contributed by atoms with Crippen LogP contribution in [0, 0.1) is 11.3 Å². The highest BCUT2D eigenvalue weighted by molar-refractivity contribution is 5.90. The third kappa shape index (κ3) is 2.62. The van der Waals surface area contributed by atoms with Crippen LogP contribution in [0.4, 0.5) is 10.5 Å². The standard InChI is InChI=1S/C20H24N4O/c25-18(22-16-3-5-17(6-4-16)24-9-8-21-14-24)23-20-11-15-2-1-7-19(10-15,12-20)13-20/h3-6,8-9,14-15H,1-2,7,10-13H2,(H2,22,23,25). The summed E-state index contributed by atoms with van der Waals surface area (Å²) in [6.07, 6.45) is 14.5. The van der Waals surface area contributed by atoms with Crippen molar-refractivity contribution in [2.75, 3.05) is 5.32 Å². The maximum Gasteiger partial charge on any atom is 0.319 e. The van der Waals surface area contributed by atoms with Crippen LogP contribution in [0.15, 0.2) is 43.0 Å². The lowest BCUT2D eigenvalue weighted by atomic mass is 9.43. The number of carbonyl (C=O) groups excluding carboxylic acids is 1. The Bertz CT molecular complexity index is 769. The summed E-state index contributed by atoms with van der Waals surface area (Å²) in [7, 11) is 0. The van der Waals surface area contributed by atoms with Gasteiger partial charge in [-0.05, 0) is 67.7 Å². The zero-order valence-electron chi connectivity index (χ0n) is 14.4. The fraction of sp³-hybridized carbons (Fsp3) is 0.500. The molecule has 4 saturated carbocycles. The number of benzene rings is 1. The summed E-state index contributed by atoms with van der Waals surface area (Å²) in [5, 5.41) is 6.31. The lowest BCUT2D eigenvalue weighted by molar-refractivity contribution is -0.102. The summed E-state index contributed by atoms with van der Waals surface area (Å²) in [6.45, 7) is 0. The number of hydrogen-bond donors (Lipinski definition) is 2. The van der Waals surface area contributed by atoms with Gasteiger partial charge in [-0.25, -0.2) is 9.78 Å². The highest BCUT2D eigenvalue weighted by atomic mass is 16.2. The number of hydrogen-bond acceptors (Lipinski definition) is 2. The molecule has 1 spiro atoms. The van der Waals surface area contributed by atoms with Crippen molar-refractivity contribution in [3.8, 4) is 5.69 Å². The fourth-order valence-electron chi connectivity index (χ4n) is 5.83. The Morgan fingerprint density at radius 3 is 2.76 bits per heavy atom. The molecule has 2 N–H and O–H groups in total. The maximum atomic E-state index is 12.5. The molecular formula is C20H24N4O. The van der Waals surface area contributed by atoms with Gasteiger partial charge in [0.15, 0.2) is 0 Å². The summed E-state index contributed by atoms with van der Waals surface area (Å²) in [4.78, 5) is 16.6. The molecule has 1 aromatic heterocycles. The number of nitrogens with one attached hydrogen (secondary N) is 2. The minimum Gasteiger partial charge on any atom is -0.332 e. The predicted molar refractivity (Wildman–Crippen MR) is 96.7 cm³/mol. The molecule has 2 amide bonds. The summed E-state index contributed by atoms with van der Waals surface area (Å²) >= 11 is 0. The highest BCUT2D eigenvalue weighted by Gasteiger charge is 2.61. The first-order chi connectivity index (χ1) is 12.1. The third-order valence-corrected chi connectivity index (χ3v) is 6.45. The van der Waals surface area contributed by atoms with E-state index in [0.29, 0.717) is 5.41 Å². The lowest BCUT2D eigenvalue weighted by Crippen LogP contribution is -2.67. The number of rotatable bonds is 3. The first-order valence-electron chi connectivity index (χ1n) is 9.31. The Balaban J connectivity index is 1.23. The lowest BCUT2D eigenvalue weighted by Gasteiger charge is -2.65. The zero-order valence-corrected chi connectivity index (χ0v) is 14.4. The minimum absolute atomic E-state index is 0.0597. The molecule has 1 unspecified atom stereocenters. The Morgan fingerprint density at radius 1 is 1.20 bits per heavy atom. The number of nitrogens with zero attached hydrogens (tertiary/aromatic N) is 2. The van der Waals surface area contributed by atoms with Gasteiger partial charge in [0.05, 0.1) is 6.33 Å². The number of urea groups is 1. The van der Waals surface area contributed by atoms with E-state index >= 15 is 0 Å². The first-order valence-corrected chi connectivity index (χ1v) is 9.31. The van der Waals surface area contributed by atoms with E-state index in [2.05, 4.69) is 15.6 Å². The maximum absolute atomic E-state index is 12.5. The molecule has 0 aliphatic heterocycles. The van der Waals surface area contributed by atoms with Crippen molar-refractivity contribution in [1.82, 2.24) is 14.9 Å². The van der Waals surface area contributed by atoms with Crippen molar-refractivity contribution < 1.29 is 4.79 Å². The van der Waals surface area contributed by atoms with Crippen LogP contribution in [0.1, 0.15) is 44.9 Å². The summed E-state index contributed by atoms with van der Waals surface area (Å²) in [5.74, 6) is 0.825. The van der Waals surface area contributed by atoms with Crippen molar-refractivity contribution in [2.45, 2.75) is 50.5 Å². The molecule has 5 nitrogen and oxygen atoms in total. The molecule has 2 aromatic rings. The van der Waals surface area contributed by atoms with Crippen LogP contribution in [0.2, 0.25) is 0 Å². The average molecular weight is 336 g/mol. The van der Waals surface area contributed by atoms with Gasteiger partial charge < -0.3 is 15.2 Å². The van der Waals surface area contributed by atoms with Crippen molar-refractivity contribution in [3.63, 3.8) is 0 Å². The molecule has 6 rings (SSSR count).